The molecule has 0 saturated carbocycles. The van der Waals surface area contributed by atoms with Crippen LogP contribution in [-0.2, 0) is 14.8 Å². The van der Waals surface area contributed by atoms with E-state index in [-0.39, 0.29) is 28.8 Å². The van der Waals surface area contributed by atoms with Gasteiger partial charge in [0.2, 0.25) is 10.0 Å². The quantitative estimate of drug-likeness (QED) is 0.908. The van der Waals surface area contributed by atoms with Gasteiger partial charge in [-0.15, -0.1) is 0 Å². The van der Waals surface area contributed by atoms with Gasteiger partial charge in [-0.25, -0.2) is 8.42 Å². The maximum absolute atomic E-state index is 12.5. The van der Waals surface area contributed by atoms with Crippen LogP contribution in [-0.4, -0.2) is 44.0 Å². The fourth-order valence-electron chi connectivity index (χ4n) is 2.14. The molecule has 0 amide bonds. The monoisotopic (exact) mass is 319 g/mol. The van der Waals surface area contributed by atoms with Crippen LogP contribution in [0.2, 0.25) is 5.02 Å². The van der Waals surface area contributed by atoms with E-state index in [1.54, 1.807) is 0 Å². The van der Waals surface area contributed by atoms with Crippen LogP contribution in [0.15, 0.2) is 23.1 Å². The molecule has 2 rings (SSSR count). The molecule has 1 atom stereocenters. The summed E-state index contributed by atoms with van der Waals surface area (Å²) in [6.07, 6.45) is 0.303. The Balaban J connectivity index is 2.36. The third-order valence-electron chi connectivity index (χ3n) is 3.24. The van der Waals surface area contributed by atoms with Crippen molar-refractivity contribution in [2.75, 3.05) is 20.2 Å². The van der Waals surface area contributed by atoms with Crippen molar-refractivity contribution in [3.05, 3.63) is 23.2 Å². The average Bonchev–Trinajstić information content (AvgIpc) is 2.89. The molecule has 0 radical (unpaired) electrons. The molecule has 1 saturated heterocycles. The zero-order valence-corrected chi connectivity index (χ0v) is 12.3. The Morgan fingerprint density at radius 3 is 2.75 bits per heavy atom. The standard InChI is InChI=1S/C12H14ClNO5S/c1-19-10-3-2-9(13)6-11(10)20(17,18)14-5-4-8(7-14)12(15)16/h2-3,6,8H,4-5,7H2,1H3,(H,15,16). The second kappa shape index (κ2) is 5.59. The van der Waals surface area contributed by atoms with Gasteiger partial charge in [-0.1, -0.05) is 11.6 Å². The van der Waals surface area contributed by atoms with Crippen molar-refractivity contribution in [3.8, 4) is 5.75 Å². The summed E-state index contributed by atoms with van der Waals surface area (Å²) in [5.74, 6) is -1.47. The van der Waals surface area contributed by atoms with Gasteiger partial charge in [-0.05, 0) is 24.6 Å². The number of carboxylic acid groups (broad SMARTS) is 1. The van der Waals surface area contributed by atoms with E-state index in [2.05, 4.69) is 0 Å². The van der Waals surface area contributed by atoms with Crippen LogP contribution in [0.1, 0.15) is 6.42 Å². The molecule has 20 heavy (non-hydrogen) atoms. The second-order valence-electron chi connectivity index (χ2n) is 4.48. The number of carbonyl (C=O) groups is 1. The van der Waals surface area contributed by atoms with Gasteiger partial charge < -0.3 is 9.84 Å². The first kappa shape index (κ1) is 15.1. The summed E-state index contributed by atoms with van der Waals surface area (Å²) in [5.41, 5.74) is 0. The third kappa shape index (κ3) is 2.74. The number of halogens is 1. The van der Waals surface area contributed by atoms with E-state index in [1.807, 2.05) is 0 Å². The zero-order valence-electron chi connectivity index (χ0n) is 10.7. The summed E-state index contributed by atoms with van der Waals surface area (Å²) in [5, 5.41) is 9.22. The molecule has 1 aliphatic rings. The van der Waals surface area contributed by atoms with Gasteiger partial charge in [-0.3, -0.25) is 4.79 Å². The SMILES string of the molecule is COc1ccc(Cl)cc1S(=O)(=O)N1CCC(C(=O)O)C1. The maximum atomic E-state index is 12.5. The highest BCUT2D eigenvalue weighted by Crippen LogP contribution is 2.32. The van der Waals surface area contributed by atoms with Crippen LogP contribution < -0.4 is 4.74 Å². The Kier molecular flexibility index (Phi) is 4.22. The van der Waals surface area contributed by atoms with Crippen molar-refractivity contribution < 1.29 is 23.1 Å². The molecular weight excluding hydrogens is 306 g/mol. The topological polar surface area (TPSA) is 83.9 Å². The maximum Gasteiger partial charge on any atom is 0.307 e. The predicted octanol–water partition coefficient (Wildman–Crippen LogP) is 1.44. The van der Waals surface area contributed by atoms with Gasteiger partial charge in [0.1, 0.15) is 10.6 Å². The summed E-state index contributed by atoms with van der Waals surface area (Å²) in [7, 11) is -2.44. The predicted molar refractivity (Wildman–Crippen MR) is 72.5 cm³/mol. The first-order valence-corrected chi connectivity index (χ1v) is 7.74. The number of sulfonamides is 1. The van der Waals surface area contributed by atoms with Crippen molar-refractivity contribution in [2.45, 2.75) is 11.3 Å². The lowest BCUT2D eigenvalue weighted by Gasteiger charge is -2.18. The number of carboxylic acids is 1. The number of rotatable bonds is 4. The summed E-state index contributed by atoms with van der Waals surface area (Å²) < 4.78 is 31.3. The average molecular weight is 320 g/mol. The lowest BCUT2D eigenvalue weighted by Crippen LogP contribution is -2.30. The van der Waals surface area contributed by atoms with E-state index < -0.39 is 21.9 Å². The minimum atomic E-state index is -3.81. The van der Waals surface area contributed by atoms with Crippen molar-refractivity contribution in [3.63, 3.8) is 0 Å². The highest BCUT2D eigenvalue weighted by molar-refractivity contribution is 7.89. The lowest BCUT2D eigenvalue weighted by atomic mass is 10.1. The van der Waals surface area contributed by atoms with Crippen LogP contribution in [0.4, 0.5) is 0 Å². The highest BCUT2D eigenvalue weighted by atomic mass is 35.5. The van der Waals surface area contributed by atoms with Gasteiger partial charge in [-0.2, -0.15) is 4.31 Å². The van der Waals surface area contributed by atoms with Gasteiger partial charge >= 0.3 is 5.97 Å². The number of ether oxygens (including phenoxy) is 1. The molecule has 1 heterocycles. The van der Waals surface area contributed by atoms with Gasteiger partial charge in [0.15, 0.2) is 0 Å². The van der Waals surface area contributed by atoms with Gasteiger partial charge in [0.05, 0.1) is 13.0 Å². The van der Waals surface area contributed by atoms with Crippen molar-refractivity contribution in [1.82, 2.24) is 4.31 Å². The molecule has 0 bridgehead atoms. The van der Waals surface area contributed by atoms with Crippen LogP contribution in [0.3, 0.4) is 0 Å². The van der Waals surface area contributed by atoms with E-state index in [4.69, 9.17) is 21.4 Å². The molecule has 8 heteroatoms. The largest absolute Gasteiger partial charge is 0.495 e. The van der Waals surface area contributed by atoms with Crippen LogP contribution in [0.25, 0.3) is 0 Å². The Bertz CT molecular complexity index is 631. The number of benzene rings is 1. The highest BCUT2D eigenvalue weighted by Gasteiger charge is 2.37. The van der Waals surface area contributed by atoms with Crippen LogP contribution >= 0.6 is 11.6 Å². The number of hydrogen-bond donors (Lipinski definition) is 1. The first-order chi connectivity index (χ1) is 9.36. The summed E-state index contributed by atoms with van der Waals surface area (Å²) >= 11 is 5.83. The van der Waals surface area contributed by atoms with Crippen molar-refractivity contribution in [1.29, 1.82) is 0 Å². The van der Waals surface area contributed by atoms with Crippen molar-refractivity contribution >= 4 is 27.6 Å². The Morgan fingerprint density at radius 1 is 1.50 bits per heavy atom. The summed E-state index contributed by atoms with van der Waals surface area (Å²) in [6, 6.07) is 4.31. The molecule has 6 nitrogen and oxygen atoms in total. The fraction of sp³-hybridized carbons (Fsp3) is 0.417. The molecule has 110 valence electrons. The minimum absolute atomic E-state index is 0.0344. The molecule has 0 spiro atoms. The Morgan fingerprint density at radius 2 is 2.20 bits per heavy atom. The van der Waals surface area contributed by atoms with Gasteiger partial charge in [0.25, 0.3) is 0 Å². The van der Waals surface area contributed by atoms with E-state index in [0.717, 1.165) is 4.31 Å². The Hall–Kier alpha value is -1.31. The molecule has 0 aromatic heterocycles. The fourth-order valence-corrected chi connectivity index (χ4v) is 4.06. The third-order valence-corrected chi connectivity index (χ3v) is 5.37. The number of hydrogen-bond acceptors (Lipinski definition) is 4. The van der Waals surface area contributed by atoms with E-state index in [0.29, 0.717) is 6.42 Å². The van der Waals surface area contributed by atoms with Gasteiger partial charge in [0, 0.05) is 18.1 Å². The number of aliphatic carboxylic acids is 1. The molecule has 0 aliphatic carbocycles. The van der Waals surface area contributed by atoms with E-state index in [9.17, 15) is 13.2 Å². The molecule has 1 aromatic carbocycles. The lowest BCUT2D eigenvalue weighted by molar-refractivity contribution is -0.141. The molecule has 1 unspecified atom stereocenters. The summed E-state index contributed by atoms with van der Waals surface area (Å²) in [6.45, 7) is 0.141. The van der Waals surface area contributed by atoms with E-state index in [1.165, 1.54) is 25.3 Å². The Labute approximate surface area is 122 Å². The molecule has 1 fully saturated rings. The number of nitrogens with zero attached hydrogens (tertiary/aromatic N) is 1. The van der Waals surface area contributed by atoms with Crippen LogP contribution in [0.5, 0.6) is 5.75 Å². The summed E-state index contributed by atoms with van der Waals surface area (Å²) in [4.78, 5) is 10.9. The smallest absolute Gasteiger partial charge is 0.307 e. The first-order valence-electron chi connectivity index (χ1n) is 5.92. The molecular formula is C12H14ClNO5S. The molecule has 1 aliphatic heterocycles. The molecule has 1 N–H and O–H groups in total. The normalized spacial score (nSPS) is 20.0. The number of methoxy groups -OCH3 is 1. The second-order valence-corrected chi connectivity index (χ2v) is 6.82. The minimum Gasteiger partial charge on any atom is -0.495 e. The van der Waals surface area contributed by atoms with Crippen molar-refractivity contribution in [2.24, 2.45) is 5.92 Å². The van der Waals surface area contributed by atoms with E-state index >= 15 is 0 Å². The van der Waals surface area contributed by atoms with Crippen LogP contribution in [0, 0.1) is 5.92 Å². The molecule has 1 aromatic rings. The zero-order chi connectivity index (χ0) is 14.9.